The topological polar surface area (TPSA) is 21.3 Å². The van der Waals surface area contributed by atoms with E-state index in [2.05, 4.69) is 98.0 Å². The molecule has 1 N–H and O–H groups in total. The summed E-state index contributed by atoms with van der Waals surface area (Å²) in [6.45, 7) is 5.21. The third-order valence-electron chi connectivity index (χ3n) is 5.36. The van der Waals surface area contributed by atoms with E-state index in [0.29, 0.717) is 6.61 Å². The molecule has 4 rings (SSSR count). The molecule has 0 unspecified atom stereocenters. The minimum Gasteiger partial charge on any atom is -0.377 e. The van der Waals surface area contributed by atoms with E-state index >= 15 is 0 Å². The Morgan fingerprint density at radius 2 is 1.42 bits per heavy atom. The maximum absolute atomic E-state index is 6.52. The van der Waals surface area contributed by atoms with Gasteiger partial charge < -0.3 is 10.1 Å². The molecule has 1 heterocycles. The molecule has 26 heavy (non-hydrogen) atoms. The summed E-state index contributed by atoms with van der Waals surface area (Å²) in [5, 5.41) is 3.75. The molecule has 3 aromatic carbocycles. The first kappa shape index (κ1) is 16.9. The minimum absolute atomic E-state index is 0.0189. The first-order valence-corrected chi connectivity index (χ1v) is 9.22. The van der Waals surface area contributed by atoms with Gasteiger partial charge in [0.1, 0.15) is 0 Å². The van der Waals surface area contributed by atoms with Gasteiger partial charge in [-0.05, 0) is 17.2 Å². The number of para-hydroxylation sites is 1. The summed E-state index contributed by atoms with van der Waals surface area (Å²) in [5.41, 5.74) is 4.81. The fourth-order valence-electron chi connectivity index (χ4n) is 3.97. The lowest BCUT2D eigenvalue weighted by Crippen LogP contribution is -2.39. The number of anilines is 1. The van der Waals surface area contributed by atoms with Crippen LogP contribution >= 0.6 is 0 Å². The van der Waals surface area contributed by atoms with Gasteiger partial charge in [0, 0.05) is 16.7 Å². The van der Waals surface area contributed by atoms with Crippen LogP contribution in [-0.2, 0) is 11.3 Å². The van der Waals surface area contributed by atoms with E-state index in [-0.39, 0.29) is 17.6 Å². The lowest BCUT2D eigenvalue weighted by atomic mass is 9.70. The van der Waals surface area contributed by atoms with Gasteiger partial charge in [-0.15, -0.1) is 0 Å². The van der Waals surface area contributed by atoms with Crippen LogP contribution < -0.4 is 5.32 Å². The van der Waals surface area contributed by atoms with Gasteiger partial charge in [0.2, 0.25) is 0 Å². The van der Waals surface area contributed by atoms with Crippen LogP contribution in [0.3, 0.4) is 0 Å². The molecule has 1 aliphatic rings. The molecule has 2 atom stereocenters. The van der Waals surface area contributed by atoms with Crippen LogP contribution in [0.2, 0.25) is 0 Å². The maximum atomic E-state index is 6.52. The molecule has 0 saturated carbocycles. The molecule has 0 spiro atoms. The zero-order valence-corrected chi connectivity index (χ0v) is 15.4. The molecule has 0 radical (unpaired) electrons. The predicted molar refractivity (Wildman–Crippen MR) is 107 cm³/mol. The van der Waals surface area contributed by atoms with E-state index in [1.54, 1.807) is 0 Å². The van der Waals surface area contributed by atoms with Crippen LogP contribution in [0, 0.1) is 5.41 Å². The van der Waals surface area contributed by atoms with Gasteiger partial charge in [0.15, 0.2) is 0 Å². The Bertz CT molecular complexity index is 858. The molecule has 2 nitrogen and oxygen atoms in total. The van der Waals surface area contributed by atoms with Crippen molar-refractivity contribution in [1.29, 1.82) is 0 Å². The monoisotopic (exact) mass is 343 g/mol. The van der Waals surface area contributed by atoms with E-state index in [4.69, 9.17) is 4.74 Å². The lowest BCUT2D eigenvalue weighted by Gasteiger charge is -2.46. The molecule has 2 heteroatoms. The smallest absolute Gasteiger partial charge is 0.0923 e. The van der Waals surface area contributed by atoms with Crippen molar-refractivity contribution in [1.82, 2.24) is 0 Å². The summed E-state index contributed by atoms with van der Waals surface area (Å²) < 4.78 is 6.52. The van der Waals surface area contributed by atoms with Crippen molar-refractivity contribution in [2.45, 2.75) is 32.6 Å². The second-order valence-corrected chi connectivity index (χ2v) is 7.57. The molecular weight excluding hydrogens is 318 g/mol. The van der Waals surface area contributed by atoms with Crippen molar-refractivity contribution in [3.63, 3.8) is 0 Å². The second kappa shape index (κ2) is 6.97. The molecule has 0 fully saturated rings. The van der Waals surface area contributed by atoms with E-state index in [1.807, 2.05) is 6.07 Å². The number of rotatable bonds is 4. The number of ether oxygens (including phenoxy) is 1. The summed E-state index contributed by atoms with van der Waals surface area (Å²) in [4.78, 5) is 0. The molecular formula is C24H25NO. The number of hydrogen-bond donors (Lipinski definition) is 1. The van der Waals surface area contributed by atoms with Crippen LogP contribution in [-0.4, -0.2) is 0 Å². The van der Waals surface area contributed by atoms with Gasteiger partial charge >= 0.3 is 0 Å². The largest absolute Gasteiger partial charge is 0.377 e. The van der Waals surface area contributed by atoms with Crippen molar-refractivity contribution in [2.24, 2.45) is 5.41 Å². The van der Waals surface area contributed by atoms with Crippen molar-refractivity contribution in [3.05, 3.63) is 102 Å². The fraction of sp³-hybridized carbons (Fsp3) is 0.250. The van der Waals surface area contributed by atoms with Gasteiger partial charge in [0.05, 0.1) is 18.8 Å². The Hall–Kier alpha value is -2.58. The zero-order chi connectivity index (χ0) is 18.0. The third kappa shape index (κ3) is 3.13. The van der Waals surface area contributed by atoms with Gasteiger partial charge in [-0.25, -0.2) is 0 Å². The Balaban J connectivity index is 1.70. The number of benzene rings is 3. The SMILES string of the molecule is CC1(C)[C@@H](c2ccccc2)Nc2ccccc2[C@H]1OCc1ccccc1. The summed E-state index contributed by atoms with van der Waals surface area (Å²) in [6.07, 6.45) is 0.0189. The Kier molecular flexibility index (Phi) is 4.52. The van der Waals surface area contributed by atoms with E-state index in [9.17, 15) is 0 Å². The van der Waals surface area contributed by atoms with Crippen molar-refractivity contribution in [3.8, 4) is 0 Å². The Labute approximate surface area is 155 Å². The van der Waals surface area contributed by atoms with Crippen molar-refractivity contribution in [2.75, 3.05) is 5.32 Å². The van der Waals surface area contributed by atoms with Gasteiger partial charge in [-0.1, -0.05) is 92.7 Å². The normalized spacial score (nSPS) is 20.8. The Morgan fingerprint density at radius 3 is 2.15 bits per heavy atom. The van der Waals surface area contributed by atoms with Crippen molar-refractivity contribution >= 4 is 5.69 Å². The van der Waals surface area contributed by atoms with Crippen molar-refractivity contribution < 1.29 is 4.74 Å². The number of hydrogen-bond acceptors (Lipinski definition) is 2. The number of nitrogens with one attached hydrogen (secondary N) is 1. The van der Waals surface area contributed by atoms with Gasteiger partial charge in [-0.3, -0.25) is 0 Å². The number of fused-ring (bicyclic) bond motifs is 1. The van der Waals surface area contributed by atoms with Crippen LogP contribution in [0.1, 0.15) is 42.7 Å². The second-order valence-electron chi connectivity index (χ2n) is 7.57. The predicted octanol–water partition coefficient (Wildman–Crippen LogP) is 6.14. The summed E-state index contributed by atoms with van der Waals surface area (Å²) in [7, 11) is 0. The minimum atomic E-state index is -0.0928. The highest BCUT2D eigenvalue weighted by atomic mass is 16.5. The fourth-order valence-corrected chi connectivity index (χ4v) is 3.97. The van der Waals surface area contributed by atoms with E-state index < -0.39 is 0 Å². The highest BCUT2D eigenvalue weighted by Crippen LogP contribution is 2.53. The standard InChI is InChI=1S/C24H25NO/c1-24(2)22(19-13-7-4-8-14-19)25-21-16-10-9-15-20(21)23(24)26-17-18-11-5-3-6-12-18/h3-16,22-23,25H,17H2,1-2H3/t22-,23-/m1/s1. The summed E-state index contributed by atoms with van der Waals surface area (Å²) in [5.74, 6) is 0. The van der Waals surface area contributed by atoms with E-state index in [0.717, 1.165) is 0 Å². The highest BCUT2D eigenvalue weighted by Gasteiger charge is 2.44. The maximum Gasteiger partial charge on any atom is 0.0923 e. The molecule has 0 aromatic heterocycles. The van der Waals surface area contributed by atoms with Crippen LogP contribution in [0.4, 0.5) is 5.69 Å². The molecule has 0 saturated heterocycles. The molecule has 0 bridgehead atoms. The van der Waals surface area contributed by atoms with E-state index in [1.165, 1.54) is 22.4 Å². The molecule has 0 aliphatic carbocycles. The molecule has 1 aliphatic heterocycles. The molecule has 3 aromatic rings. The summed E-state index contributed by atoms with van der Waals surface area (Å²) >= 11 is 0. The first-order chi connectivity index (χ1) is 12.7. The summed E-state index contributed by atoms with van der Waals surface area (Å²) in [6, 6.07) is 29.8. The van der Waals surface area contributed by atoms with Gasteiger partial charge in [0.25, 0.3) is 0 Å². The van der Waals surface area contributed by atoms with Crippen LogP contribution in [0.5, 0.6) is 0 Å². The first-order valence-electron chi connectivity index (χ1n) is 9.22. The molecule has 132 valence electrons. The highest BCUT2D eigenvalue weighted by molar-refractivity contribution is 5.57. The average molecular weight is 343 g/mol. The van der Waals surface area contributed by atoms with Crippen LogP contribution in [0.25, 0.3) is 0 Å². The average Bonchev–Trinajstić information content (AvgIpc) is 2.68. The zero-order valence-electron chi connectivity index (χ0n) is 15.4. The molecule has 0 amide bonds. The quantitative estimate of drug-likeness (QED) is 0.614. The lowest BCUT2D eigenvalue weighted by molar-refractivity contribution is -0.0506. The Morgan fingerprint density at radius 1 is 0.808 bits per heavy atom. The van der Waals surface area contributed by atoms with Crippen LogP contribution in [0.15, 0.2) is 84.9 Å². The van der Waals surface area contributed by atoms with Gasteiger partial charge in [-0.2, -0.15) is 0 Å². The third-order valence-corrected chi connectivity index (χ3v) is 5.36.